The largest absolute Gasteiger partial charge is 0.481 e. The maximum atomic E-state index is 12.0. The highest BCUT2D eigenvalue weighted by atomic mass is 16.4. The van der Waals surface area contributed by atoms with Gasteiger partial charge in [-0.1, -0.05) is 37.3 Å². The molecule has 20 heavy (non-hydrogen) atoms. The fourth-order valence-corrected chi connectivity index (χ4v) is 2.94. The number of hydrogen-bond acceptors (Lipinski definition) is 2. The summed E-state index contributed by atoms with van der Waals surface area (Å²) < 4.78 is 0. The first-order valence-electron chi connectivity index (χ1n) is 7.12. The lowest BCUT2D eigenvalue weighted by Crippen LogP contribution is -2.42. The van der Waals surface area contributed by atoms with Gasteiger partial charge in [-0.15, -0.1) is 0 Å². The van der Waals surface area contributed by atoms with E-state index in [1.165, 1.54) is 5.56 Å². The molecule has 0 spiro atoms. The van der Waals surface area contributed by atoms with Crippen LogP contribution in [-0.2, 0) is 9.59 Å². The first-order valence-corrected chi connectivity index (χ1v) is 7.12. The van der Waals surface area contributed by atoms with Gasteiger partial charge in [-0.05, 0) is 23.8 Å². The minimum Gasteiger partial charge on any atom is -0.481 e. The number of amides is 1. The zero-order valence-corrected chi connectivity index (χ0v) is 11.8. The van der Waals surface area contributed by atoms with Crippen molar-refractivity contribution >= 4 is 11.9 Å². The Balaban J connectivity index is 1.92. The fourth-order valence-electron chi connectivity index (χ4n) is 2.94. The Bertz CT molecular complexity index is 472. The summed E-state index contributed by atoms with van der Waals surface area (Å²) in [6.45, 7) is 3.61. The topological polar surface area (TPSA) is 57.6 Å². The van der Waals surface area contributed by atoms with Crippen LogP contribution in [0.2, 0.25) is 0 Å². The van der Waals surface area contributed by atoms with Crippen LogP contribution in [0.25, 0.3) is 0 Å². The van der Waals surface area contributed by atoms with E-state index in [4.69, 9.17) is 5.11 Å². The van der Waals surface area contributed by atoms with Crippen LogP contribution >= 0.6 is 0 Å². The van der Waals surface area contributed by atoms with Gasteiger partial charge in [0, 0.05) is 19.5 Å². The van der Waals surface area contributed by atoms with Gasteiger partial charge in [0.25, 0.3) is 0 Å². The van der Waals surface area contributed by atoms with E-state index < -0.39 is 5.97 Å². The Morgan fingerprint density at radius 3 is 2.55 bits per heavy atom. The molecule has 1 fully saturated rings. The second kappa shape index (κ2) is 6.55. The lowest BCUT2D eigenvalue weighted by atomic mass is 9.81. The third kappa shape index (κ3) is 3.59. The zero-order chi connectivity index (χ0) is 14.5. The van der Waals surface area contributed by atoms with Crippen LogP contribution in [0.5, 0.6) is 0 Å². The van der Waals surface area contributed by atoms with E-state index in [-0.39, 0.29) is 18.7 Å². The number of rotatable bonds is 4. The summed E-state index contributed by atoms with van der Waals surface area (Å²) in [5.74, 6) is -0.0593. The fraction of sp³-hybridized carbons (Fsp3) is 0.500. The van der Waals surface area contributed by atoms with Gasteiger partial charge in [0.1, 0.15) is 0 Å². The van der Waals surface area contributed by atoms with E-state index in [1.54, 1.807) is 0 Å². The molecule has 1 heterocycles. The monoisotopic (exact) mass is 275 g/mol. The van der Waals surface area contributed by atoms with Gasteiger partial charge in [0.15, 0.2) is 0 Å². The number of piperidine rings is 1. The smallest absolute Gasteiger partial charge is 0.303 e. The number of carbonyl (C=O) groups is 2. The van der Waals surface area contributed by atoms with Crippen LogP contribution in [0.4, 0.5) is 0 Å². The molecule has 0 saturated carbocycles. The predicted molar refractivity (Wildman–Crippen MR) is 76.4 cm³/mol. The van der Waals surface area contributed by atoms with E-state index in [0.717, 1.165) is 19.5 Å². The number of aliphatic carboxylic acids is 1. The summed E-state index contributed by atoms with van der Waals surface area (Å²) >= 11 is 0. The minimum absolute atomic E-state index is 0.0363. The van der Waals surface area contributed by atoms with E-state index in [1.807, 2.05) is 23.1 Å². The van der Waals surface area contributed by atoms with Crippen LogP contribution in [0.15, 0.2) is 30.3 Å². The molecule has 1 saturated heterocycles. The zero-order valence-electron chi connectivity index (χ0n) is 11.8. The average Bonchev–Trinajstić information content (AvgIpc) is 2.45. The molecule has 0 aliphatic carbocycles. The number of carbonyl (C=O) groups excluding carboxylic acids is 1. The van der Waals surface area contributed by atoms with E-state index >= 15 is 0 Å². The van der Waals surface area contributed by atoms with Gasteiger partial charge in [-0.25, -0.2) is 0 Å². The van der Waals surface area contributed by atoms with Crippen molar-refractivity contribution in [1.29, 1.82) is 0 Å². The third-order valence-electron chi connectivity index (χ3n) is 4.04. The van der Waals surface area contributed by atoms with E-state index in [2.05, 4.69) is 19.1 Å². The standard InChI is InChI=1S/C16H21NO3/c1-12-11-17(15(18)7-8-16(19)20)10-9-14(12)13-5-3-2-4-6-13/h2-6,12,14H,7-11H2,1H3,(H,19,20). The van der Waals surface area contributed by atoms with Crippen molar-refractivity contribution < 1.29 is 14.7 Å². The van der Waals surface area contributed by atoms with Crippen molar-refractivity contribution in [2.75, 3.05) is 13.1 Å². The van der Waals surface area contributed by atoms with E-state index in [9.17, 15) is 9.59 Å². The number of hydrogen-bond donors (Lipinski definition) is 1. The second-order valence-corrected chi connectivity index (χ2v) is 5.52. The molecular formula is C16H21NO3. The lowest BCUT2D eigenvalue weighted by molar-refractivity contribution is -0.141. The molecule has 1 aliphatic rings. The molecule has 4 heteroatoms. The molecule has 0 aromatic heterocycles. The van der Waals surface area contributed by atoms with Gasteiger partial charge in [-0.3, -0.25) is 9.59 Å². The number of carboxylic acid groups (broad SMARTS) is 1. The molecule has 108 valence electrons. The average molecular weight is 275 g/mol. The molecule has 1 aromatic carbocycles. The lowest BCUT2D eigenvalue weighted by Gasteiger charge is -2.37. The summed E-state index contributed by atoms with van der Waals surface area (Å²) in [6, 6.07) is 10.4. The van der Waals surface area contributed by atoms with Crippen LogP contribution in [-0.4, -0.2) is 35.0 Å². The highest BCUT2D eigenvalue weighted by molar-refractivity contribution is 5.80. The number of carboxylic acids is 1. The molecule has 1 N–H and O–H groups in total. The maximum absolute atomic E-state index is 12.0. The van der Waals surface area contributed by atoms with Gasteiger partial charge >= 0.3 is 5.97 Å². The highest BCUT2D eigenvalue weighted by Crippen LogP contribution is 2.32. The Morgan fingerprint density at radius 1 is 1.25 bits per heavy atom. The SMILES string of the molecule is CC1CN(C(=O)CCC(=O)O)CCC1c1ccccc1. The van der Waals surface area contributed by atoms with Crippen LogP contribution in [0, 0.1) is 5.92 Å². The van der Waals surface area contributed by atoms with Crippen molar-refractivity contribution in [3.63, 3.8) is 0 Å². The van der Waals surface area contributed by atoms with Gasteiger partial charge in [-0.2, -0.15) is 0 Å². The van der Waals surface area contributed by atoms with Crippen LogP contribution in [0.3, 0.4) is 0 Å². The van der Waals surface area contributed by atoms with Gasteiger partial charge < -0.3 is 10.0 Å². The third-order valence-corrected chi connectivity index (χ3v) is 4.04. The molecule has 1 aromatic rings. The predicted octanol–water partition coefficient (Wildman–Crippen LogP) is 2.50. The van der Waals surface area contributed by atoms with E-state index in [0.29, 0.717) is 11.8 Å². The Labute approximate surface area is 119 Å². The molecule has 2 unspecified atom stereocenters. The number of likely N-dealkylation sites (tertiary alicyclic amines) is 1. The van der Waals surface area contributed by atoms with Crippen molar-refractivity contribution in [2.45, 2.75) is 32.1 Å². The number of benzene rings is 1. The van der Waals surface area contributed by atoms with Gasteiger partial charge in [0.05, 0.1) is 6.42 Å². The Kier molecular flexibility index (Phi) is 4.77. The first kappa shape index (κ1) is 14.6. The van der Waals surface area contributed by atoms with Gasteiger partial charge in [0.2, 0.25) is 5.91 Å². The van der Waals surface area contributed by atoms with Crippen molar-refractivity contribution in [2.24, 2.45) is 5.92 Å². The molecule has 1 amide bonds. The molecule has 4 nitrogen and oxygen atoms in total. The molecular weight excluding hydrogens is 254 g/mol. The molecule has 0 bridgehead atoms. The maximum Gasteiger partial charge on any atom is 0.303 e. The summed E-state index contributed by atoms with van der Waals surface area (Å²) in [4.78, 5) is 24.3. The van der Waals surface area contributed by atoms with Crippen molar-refractivity contribution in [1.82, 2.24) is 4.90 Å². The summed E-state index contributed by atoms with van der Waals surface area (Å²) in [5.41, 5.74) is 1.33. The Hall–Kier alpha value is -1.84. The first-order chi connectivity index (χ1) is 9.58. The summed E-state index contributed by atoms with van der Waals surface area (Å²) in [6.07, 6.45) is 0.980. The molecule has 2 atom stereocenters. The summed E-state index contributed by atoms with van der Waals surface area (Å²) in [5, 5.41) is 8.63. The Morgan fingerprint density at radius 2 is 1.95 bits per heavy atom. The highest BCUT2D eigenvalue weighted by Gasteiger charge is 2.29. The van der Waals surface area contributed by atoms with Crippen molar-refractivity contribution in [3.05, 3.63) is 35.9 Å². The van der Waals surface area contributed by atoms with Crippen molar-refractivity contribution in [3.8, 4) is 0 Å². The van der Waals surface area contributed by atoms with Crippen LogP contribution < -0.4 is 0 Å². The quantitative estimate of drug-likeness (QED) is 0.918. The molecule has 0 radical (unpaired) electrons. The molecule has 1 aliphatic heterocycles. The molecule has 2 rings (SSSR count). The number of nitrogens with zero attached hydrogens (tertiary/aromatic N) is 1. The van der Waals surface area contributed by atoms with Crippen LogP contribution in [0.1, 0.15) is 37.7 Å². The summed E-state index contributed by atoms with van der Waals surface area (Å²) in [7, 11) is 0. The second-order valence-electron chi connectivity index (χ2n) is 5.52. The normalized spacial score (nSPS) is 22.6. The minimum atomic E-state index is -0.912.